The summed E-state index contributed by atoms with van der Waals surface area (Å²) in [5.74, 6) is 0.573. The van der Waals surface area contributed by atoms with E-state index >= 15 is 0 Å². The summed E-state index contributed by atoms with van der Waals surface area (Å²) in [7, 11) is 1.93. The third-order valence-electron chi connectivity index (χ3n) is 4.74. The zero-order chi connectivity index (χ0) is 14.9. The molecule has 20 heavy (non-hydrogen) atoms. The van der Waals surface area contributed by atoms with E-state index in [1.165, 1.54) is 12.8 Å². The van der Waals surface area contributed by atoms with Gasteiger partial charge in [-0.15, -0.1) is 0 Å². The fourth-order valence-corrected chi connectivity index (χ4v) is 4.15. The minimum atomic E-state index is 0.147. The number of carbonyl (C=O) groups excluding carboxylic acids is 1. The minimum Gasteiger partial charge on any atom is -0.299 e. The van der Waals surface area contributed by atoms with Gasteiger partial charge >= 0.3 is 0 Å². The highest BCUT2D eigenvalue weighted by Crippen LogP contribution is 2.41. The van der Waals surface area contributed by atoms with E-state index in [1.54, 1.807) is 0 Å². The predicted molar refractivity (Wildman–Crippen MR) is 84.7 cm³/mol. The Hall–Kier alpha value is -0.640. The third-order valence-corrected chi connectivity index (χ3v) is 5.66. The molecule has 1 atom stereocenters. The Labute approximate surface area is 130 Å². The lowest BCUT2D eigenvalue weighted by atomic mass is 9.66. The summed E-state index contributed by atoms with van der Waals surface area (Å²) >= 11 is 3.61. The Morgan fingerprint density at radius 3 is 2.70 bits per heavy atom. The summed E-state index contributed by atoms with van der Waals surface area (Å²) in [6, 6.07) is 0. The molecule has 112 valence electrons. The van der Waals surface area contributed by atoms with Crippen molar-refractivity contribution in [2.24, 2.45) is 18.4 Å². The first-order valence-electron chi connectivity index (χ1n) is 7.59. The molecule has 1 unspecified atom stereocenters. The SMILES string of the molecule is CCc1nn(C)c(CC(=O)C2CCCCC2(C)C)c1Br. The maximum atomic E-state index is 12.7. The largest absolute Gasteiger partial charge is 0.299 e. The van der Waals surface area contributed by atoms with Crippen molar-refractivity contribution in [1.29, 1.82) is 0 Å². The number of nitrogens with zero attached hydrogens (tertiary/aromatic N) is 2. The monoisotopic (exact) mass is 340 g/mol. The van der Waals surface area contributed by atoms with Crippen LogP contribution in [0.2, 0.25) is 0 Å². The number of rotatable bonds is 4. The molecule has 0 spiro atoms. The van der Waals surface area contributed by atoms with E-state index in [1.807, 2.05) is 11.7 Å². The number of halogens is 1. The van der Waals surface area contributed by atoms with Crippen molar-refractivity contribution in [2.75, 3.05) is 0 Å². The second kappa shape index (κ2) is 6.00. The topological polar surface area (TPSA) is 34.9 Å². The molecule has 0 radical (unpaired) electrons. The summed E-state index contributed by atoms with van der Waals surface area (Å²) in [6.07, 6.45) is 6.03. The van der Waals surface area contributed by atoms with Crippen LogP contribution in [0.1, 0.15) is 57.8 Å². The van der Waals surface area contributed by atoms with Crippen molar-refractivity contribution in [1.82, 2.24) is 9.78 Å². The molecule has 1 aromatic heterocycles. The van der Waals surface area contributed by atoms with E-state index in [0.717, 1.165) is 35.1 Å². The van der Waals surface area contributed by atoms with Gasteiger partial charge in [0.15, 0.2) is 0 Å². The average Bonchev–Trinajstić information content (AvgIpc) is 2.65. The molecule has 2 rings (SSSR count). The number of Topliss-reactive ketones (excluding diaryl/α,β-unsaturated/α-hetero) is 1. The van der Waals surface area contributed by atoms with Gasteiger partial charge in [0, 0.05) is 19.4 Å². The molecule has 1 fully saturated rings. The molecule has 1 heterocycles. The Balaban J connectivity index is 2.17. The number of aryl methyl sites for hydroxylation is 2. The normalized spacial score (nSPS) is 21.9. The Morgan fingerprint density at radius 2 is 2.15 bits per heavy atom. The average molecular weight is 341 g/mol. The summed E-state index contributed by atoms with van der Waals surface area (Å²) in [6.45, 7) is 6.57. The van der Waals surface area contributed by atoms with Gasteiger partial charge < -0.3 is 0 Å². The number of aromatic nitrogens is 2. The van der Waals surface area contributed by atoms with Crippen molar-refractivity contribution < 1.29 is 4.79 Å². The lowest BCUT2D eigenvalue weighted by Crippen LogP contribution is -2.35. The molecule has 0 aromatic carbocycles. The lowest BCUT2D eigenvalue weighted by Gasteiger charge is -2.37. The smallest absolute Gasteiger partial charge is 0.142 e. The van der Waals surface area contributed by atoms with Gasteiger partial charge in [0.1, 0.15) is 5.78 Å². The van der Waals surface area contributed by atoms with Gasteiger partial charge in [-0.25, -0.2) is 0 Å². The maximum absolute atomic E-state index is 12.7. The molecule has 0 aliphatic heterocycles. The van der Waals surface area contributed by atoms with Crippen molar-refractivity contribution in [3.8, 4) is 0 Å². The fraction of sp³-hybridized carbons (Fsp3) is 0.750. The van der Waals surface area contributed by atoms with Crippen molar-refractivity contribution in [3.63, 3.8) is 0 Å². The van der Waals surface area contributed by atoms with Crippen LogP contribution in [0.4, 0.5) is 0 Å². The van der Waals surface area contributed by atoms with Crippen molar-refractivity contribution in [2.45, 2.75) is 59.3 Å². The van der Waals surface area contributed by atoms with Gasteiger partial charge in [0.25, 0.3) is 0 Å². The molecular formula is C16H25BrN2O. The fourth-order valence-electron chi connectivity index (χ4n) is 3.39. The van der Waals surface area contributed by atoms with Crippen LogP contribution in [-0.2, 0) is 24.7 Å². The maximum Gasteiger partial charge on any atom is 0.142 e. The second-order valence-corrected chi connectivity index (χ2v) is 7.41. The van der Waals surface area contributed by atoms with Crippen LogP contribution in [-0.4, -0.2) is 15.6 Å². The van der Waals surface area contributed by atoms with Gasteiger partial charge in [-0.05, 0) is 40.6 Å². The van der Waals surface area contributed by atoms with Gasteiger partial charge in [-0.1, -0.05) is 33.6 Å². The van der Waals surface area contributed by atoms with Gasteiger partial charge in [0.2, 0.25) is 0 Å². The molecular weight excluding hydrogens is 316 g/mol. The van der Waals surface area contributed by atoms with E-state index < -0.39 is 0 Å². The minimum absolute atomic E-state index is 0.147. The van der Waals surface area contributed by atoms with E-state index in [-0.39, 0.29) is 11.3 Å². The number of carbonyl (C=O) groups is 1. The molecule has 1 aliphatic rings. The highest BCUT2D eigenvalue weighted by molar-refractivity contribution is 9.10. The molecule has 0 saturated heterocycles. The Bertz CT molecular complexity index is 505. The van der Waals surface area contributed by atoms with Gasteiger partial charge in [-0.2, -0.15) is 5.10 Å². The Kier molecular flexibility index (Phi) is 4.73. The van der Waals surface area contributed by atoms with Crippen LogP contribution in [0.5, 0.6) is 0 Å². The highest BCUT2D eigenvalue weighted by atomic mass is 79.9. The number of hydrogen-bond donors (Lipinski definition) is 0. The standard InChI is InChI=1S/C16H25BrN2O/c1-5-12-15(17)13(19(4)18-12)10-14(20)11-8-6-7-9-16(11,2)3/h11H,5-10H2,1-4H3. The second-order valence-electron chi connectivity index (χ2n) is 6.61. The molecule has 1 saturated carbocycles. The summed E-state index contributed by atoms with van der Waals surface area (Å²) in [5.41, 5.74) is 2.21. The van der Waals surface area contributed by atoms with E-state index in [0.29, 0.717) is 12.2 Å². The van der Waals surface area contributed by atoms with Crippen LogP contribution in [0, 0.1) is 11.3 Å². The first kappa shape index (κ1) is 15.7. The summed E-state index contributed by atoms with van der Waals surface area (Å²) < 4.78 is 2.88. The van der Waals surface area contributed by atoms with Gasteiger partial charge in [-0.3, -0.25) is 9.48 Å². The van der Waals surface area contributed by atoms with Crippen LogP contribution in [0.15, 0.2) is 4.47 Å². The quantitative estimate of drug-likeness (QED) is 0.827. The van der Waals surface area contributed by atoms with E-state index in [4.69, 9.17) is 0 Å². The predicted octanol–water partition coefficient (Wildman–Crippen LogP) is 4.07. The molecule has 1 aliphatic carbocycles. The molecule has 3 nitrogen and oxygen atoms in total. The van der Waals surface area contributed by atoms with Crippen LogP contribution in [0.25, 0.3) is 0 Å². The third kappa shape index (κ3) is 3.00. The molecule has 4 heteroatoms. The highest BCUT2D eigenvalue weighted by Gasteiger charge is 2.37. The summed E-state index contributed by atoms with van der Waals surface area (Å²) in [4.78, 5) is 12.7. The van der Waals surface area contributed by atoms with Crippen molar-refractivity contribution in [3.05, 3.63) is 15.9 Å². The molecule has 0 N–H and O–H groups in total. The Morgan fingerprint density at radius 1 is 1.45 bits per heavy atom. The number of ketones is 1. The molecule has 0 bridgehead atoms. The zero-order valence-electron chi connectivity index (χ0n) is 13.0. The van der Waals surface area contributed by atoms with E-state index in [9.17, 15) is 4.79 Å². The first-order chi connectivity index (χ1) is 9.36. The zero-order valence-corrected chi connectivity index (χ0v) is 14.6. The summed E-state index contributed by atoms with van der Waals surface area (Å²) in [5, 5.41) is 4.48. The van der Waals surface area contributed by atoms with Gasteiger partial charge in [0.05, 0.1) is 15.9 Å². The van der Waals surface area contributed by atoms with Crippen LogP contribution >= 0.6 is 15.9 Å². The number of hydrogen-bond acceptors (Lipinski definition) is 2. The van der Waals surface area contributed by atoms with E-state index in [2.05, 4.69) is 41.8 Å². The van der Waals surface area contributed by atoms with Crippen LogP contribution in [0.3, 0.4) is 0 Å². The molecule has 1 aromatic rings. The van der Waals surface area contributed by atoms with Crippen molar-refractivity contribution >= 4 is 21.7 Å². The van der Waals surface area contributed by atoms with Crippen LogP contribution < -0.4 is 0 Å². The molecule has 0 amide bonds. The first-order valence-corrected chi connectivity index (χ1v) is 8.39. The lowest BCUT2D eigenvalue weighted by molar-refractivity contribution is -0.127.